The Kier molecular flexibility index (Phi) is 10.1. The van der Waals surface area contributed by atoms with Crippen LogP contribution < -0.4 is 0 Å². The van der Waals surface area contributed by atoms with Gasteiger partial charge in [0.1, 0.15) is 18.8 Å². The highest BCUT2D eigenvalue weighted by Crippen LogP contribution is 2.78. The van der Waals surface area contributed by atoms with Gasteiger partial charge in [0.25, 0.3) is 0 Å². The Labute approximate surface area is 292 Å². The van der Waals surface area contributed by atoms with Crippen molar-refractivity contribution in [2.45, 2.75) is 157 Å². The second-order valence-corrected chi connectivity index (χ2v) is 19.3. The molecule has 0 amide bonds. The molecule has 6 rings (SSSR count). The van der Waals surface area contributed by atoms with Gasteiger partial charge in [0, 0.05) is 0 Å². The number of carbonyl (C=O) groups is 1. The van der Waals surface area contributed by atoms with Crippen LogP contribution >= 0.6 is 0 Å². The summed E-state index contributed by atoms with van der Waals surface area (Å²) < 4.78 is 5.23. The van der Waals surface area contributed by atoms with Gasteiger partial charge in [-0.05, 0) is 145 Å². The molecule has 0 aliphatic heterocycles. The summed E-state index contributed by atoms with van der Waals surface area (Å²) in [6.45, 7) is 18.1. The highest BCUT2D eigenvalue weighted by molar-refractivity contribution is 5.72. The van der Waals surface area contributed by atoms with Crippen LogP contribution in [0, 0.1) is 62.6 Å². The van der Waals surface area contributed by atoms with Crippen molar-refractivity contribution in [3.8, 4) is 0 Å². The van der Waals surface area contributed by atoms with Gasteiger partial charge in [-0.25, -0.2) is 0 Å². The fraction of sp³-hybridized carbons (Fsp3) is 0.837. The van der Waals surface area contributed by atoms with Gasteiger partial charge < -0.3 is 20.1 Å². The first kappa shape index (κ1) is 36.4. The number of hydrogen-bond donors (Lipinski definition) is 3. The molecular formula is C43H68O5. The zero-order valence-electron chi connectivity index (χ0n) is 31.3. The van der Waals surface area contributed by atoms with E-state index in [1.807, 2.05) is 30.3 Å². The highest BCUT2D eigenvalue weighted by atomic mass is 16.5. The highest BCUT2D eigenvalue weighted by Gasteiger charge is 2.70. The second-order valence-electron chi connectivity index (χ2n) is 19.3. The van der Waals surface area contributed by atoms with Crippen molar-refractivity contribution >= 4 is 5.97 Å². The maximum absolute atomic E-state index is 12.2. The second kappa shape index (κ2) is 13.3. The van der Waals surface area contributed by atoms with Crippen molar-refractivity contribution in [3.63, 3.8) is 0 Å². The van der Waals surface area contributed by atoms with E-state index in [0.29, 0.717) is 45.3 Å². The lowest BCUT2D eigenvalue weighted by Crippen LogP contribution is -2.65. The van der Waals surface area contributed by atoms with Crippen LogP contribution in [0.15, 0.2) is 30.3 Å². The molecule has 13 atom stereocenters. The van der Waals surface area contributed by atoms with E-state index < -0.39 is 24.3 Å². The molecule has 0 aromatic heterocycles. The standard InChI is InChI=1S/C43H68O5/c1-28(14-15-32(44)38(47)33(45)27-48-37(46)26-29-12-9-8-10-13-29)30-18-23-40(4)31(30)19-24-42(6)35(40)16-17-36-41(5)22-11-21-39(2,3)34(41)20-25-43(36,42)7/h8-10,12-13,28,30-36,38,44-45,47H,11,14-27H2,1-7H3. The summed E-state index contributed by atoms with van der Waals surface area (Å²) in [5.41, 5.74) is 2.99. The molecule has 0 heterocycles. The van der Waals surface area contributed by atoms with E-state index in [-0.39, 0.29) is 13.0 Å². The Hall–Kier alpha value is -1.43. The van der Waals surface area contributed by atoms with Crippen LogP contribution in [0.2, 0.25) is 0 Å². The Morgan fingerprint density at radius 3 is 2.08 bits per heavy atom. The largest absolute Gasteiger partial charge is 0.463 e. The number of benzene rings is 1. The molecule has 1 aromatic carbocycles. The molecule has 5 aliphatic carbocycles. The predicted molar refractivity (Wildman–Crippen MR) is 192 cm³/mol. The molecule has 1 aromatic rings. The number of hydrogen-bond acceptors (Lipinski definition) is 5. The number of fused-ring (bicyclic) bond motifs is 7. The molecule has 5 heteroatoms. The molecular weight excluding hydrogens is 596 g/mol. The van der Waals surface area contributed by atoms with Gasteiger partial charge >= 0.3 is 5.97 Å². The molecule has 3 N–H and O–H groups in total. The smallest absolute Gasteiger partial charge is 0.310 e. The molecule has 5 saturated carbocycles. The van der Waals surface area contributed by atoms with Crippen molar-refractivity contribution in [2.75, 3.05) is 6.61 Å². The number of aliphatic hydroxyl groups is 3. The third-order valence-corrected chi connectivity index (χ3v) is 16.8. The summed E-state index contributed by atoms with van der Waals surface area (Å²) in [4.78, 5) is 12.2. The summed E-state index contributed by atoms with van der Waals surface area (Å²) in [6.07, 6.45) is 12.8. The van der Waals surface area contributed by atoms with Crippen LogP contribution in [0.4, 0.5) is 0 Å². The van der Waals surface area contributed by atoms with Crippen molar-refractivity contribution in [1.82, 2.24) is 0 Å². The quantitative estimate of drug-likeness (QED) is 0.218. The number of rotatable bonds is 10. The first-order valence-corrected chi connectivity index (χ1v) is 19.8. The minimum atomic E-state index is -1.34. The van der Waals surface area contributed by atoms with Crippen LogP contribution in [0.5, 0.6) is 0 Å². The third kappa shape index (κ3) is 6.02. The lowest BCUT2D eigenvalue weighted by atomic mass is 9.32. The molecule has 0 radical (unpaired) electrons. The lowest BCUT2D eigenvalue weighted by molar-refractivity contribution is -0.241. The molecule has 0 bridgehead atoms. The monoisotopic (exact) mass is 665 g/mol. The minimum Gasteiger partial charge on any atom is -0.463 e. The summed E-state index contributed by atoms with van der Waals surface area (Å²) in [5, 5.41) is 32.1. The maximum Gasteiger partial charge on any atom is 0.310 e. The zero-order valence-corrected chi connectivity index (χ0v) is 31.3. The van der Waals surface area contributed by atoms with E-state index in [1.54, 1.807) is 0 Å². The fourth-order valence-corrected chi connectivity index (χ4v) is 14.2. The van der Waals surface area contributed by atoms with Gasteiger partial charge in [-0.1, -0.05) is 85.2 Å². The molecule has 0 spiro atoms. The molecule has 48 heavy (non-hydrogen) atoms. The van der Waals surface area contributed by atoms with Gasteiger partial charge in [-0.2, -0.15) is 0 Å². The molecule has 5 fully saturated rings. The van der Waals surface area contributed by atoms with E-state index >= 15 is 0 Å². The topological polar surface area (TPSA) is 87.0 Å². The number of ether oxygens (including phenoxy) is 1. The summed E-state index contributed by atoms with van der Waals surface area (Å²) in [7, 11) is 0. The van der Waals surface area contributed by atoms with E-state index in [4.69, 9.17) is 4.74 Å². The van der Waals surface area contributed by atoms with E-state index in [9.17, 15) is 20.1 Å². The predicted octanol–water partition coefficient (Wildman–Crippen LogP) is 8.76. The fourth-order valence-electron chi connectivity index (χ4n) is 14.2. The minimum absolute atomic E-state index is 0.114. The van der Waals surface area contributed by atoms with E-state index in [0.717, 1.165) is 35.7 Å². The Bertz CT molecular complexity index is 1280. The third-order valence-electron chi connectivity index (χ3n) is 16.8. The Morgan fingerprint density at radius 1 is 0.750 bits per heavy atom. The average molecular weight is 665 g/mol. The van der Waals surface area contributed by atoms with Crippen molar-refractivity contribution in [1.29, 1.82) is 0 Å². The average Bonchev–Trinajstić information content (AvgIpc) is 3.39. The van der Waals surface area contributed by atoms with Gasteiger partial charge in [0.05, 0.1) is 12.5 Å². The SMILES string of the molecule is CC(CCC(O)C(O)C(O)COC(=O)Cc1ccccc1)C1CCC2(C)C1CCC1(C)C2CCC2C3(C)CCCC(C)(C)C3CCC21C. The van der Waals surface area contributed by atoms with Gasteiger partial charge in [-0.3, -0.25) is 4.79 Å². The molecule has 0 saturated heterocycles. The zero-order chi connectivity index (χ0) is 34.7. The lowest BCUT2D eigenvalue weighted by Gasteiger charge is -2.73. The van der Waals surface area contributed by atoms with Gasteiger partial charge in [-0.15, -0.1) is 0 Å². The maximum atomic E-state index is 12.2. The molecule has 5 nitrogen and oxygen atoms in total. The van der Waals surface area contributed by atoms with Crippen LogP contribution in [-0.2, 0) is 16.0 Å². The van der Waals surface area contributed by atoms with Crippen molar-refractivity contribution < 1.29 is 24.9 Å². The van der Waals surface area contributed by atoms with Crippen LogP contribution in [-0.4, -0.2) is 46.2 Å². The number of esters is 1. The van der Waals surface area contributed by atoms with Crippen molar-refractivity contribution in [2.24, 2.45) is 62.6 Å². The van der Waals surface area contributed by atoms with Crippen LogP contribution in [0.25, 0.3) is 0 Å². The van der Waals surface area contributed by atoms with E-state index in [1.165, 1.54) is 70.6 Å². The summed E-state index contributed by atoms with van der Waals surface area (Å²) >= 11 is 0. The molecule has 270 valence electrons. The summed E-state index contributed by atoms with van der Waals surface area (Å²) in [5.74, 6) is 3.86. The van der Waals surface area contributed by atoms with Gasteiger partial charge in [0.15, 0.2) is 0 Å². The molecule has 5 aliphatic rings. The van der Waals surface area contributed by atoms with Crippen LogP contribution in [0.1, 0.15) is 138 Å². The van der Waals surface area contributed by atoms with E-state index in [2.05, 4.69) is 48.5 Å². The molecule has 13 unspecified atom stereocenters. The number of carbonyl (C=O) groups excluding carboxylic acids is 1. The Morgan fingerprint density at radius 2 is 1.40 bits per heavy atom. The first-order chi connectivity index (χ1) is 22.6. The van der Waals surface area contributed by atoms with Gasteiger partial charge in [0.2, 0.25) is 0 Å². The first-order valence-electron chi connectivity index (χ1n) is 19.8. The van der Waals surface area contributed by atoms with Crippen molar-refractivity contribution in [3.05, 3.63) is 35.9 Å². The van der Waals surface area contributed by atoms with Crippen LogP contribution in [0.3, 0.4) is 0 Å². The normalized spacial score (nSPS) is 42.7. The summed E-state index contributed by atoms with van der Waals surface area (Å²) in [6, 6.07) is 9.32. The number of aliphatic hydroxyl groups excluding tert-OH is 3. The Balaban J connectivity index is 1.05.